The van der Waals surface area contributed by atoms with Gasteiger partial charge in [-0.2, -0.15) is 0 Å². The number of rotatable bonds is 3. The second-order valence-electron chi connectivity index (χ2n) is 3.35. The fourth-order valence-corrected chi connectivity index (χ4v) is 1.65. The maximum absolute atomic E-state index is 11.4. The zero-order valence-corrected chi connectivity index (χ0v) is 8.40. The summed E-state index contributed by atoms with van der Waals surface area (Å²) in [6, 6.07) is -0.633. The molecule has 0 saturated heterocycles. The van der Waals surface area contributed by atoms with Crippen molar-refractivity contribution < 1.29 is 9.53 Å². The van der Waals surface area contributed by atoms with Crippen molar-refractivity contribution in [3.8, 4) is 0 Å². The van der Waals surface area contributed by atoms with Gasteiger partial charge >= 0.3 is 12.0 Å². The number of ether oxygens (including phenoxy) is 1. The highest BCUT2D eigenvalue weighted by Gasteiger charge is 2.33. The fourth-order valence-electron chi connectivity index (χ4n) is 1.65. The van der Waals surface area contributed by atoms with Crippen molar-refractivity contribution in [2.45, 2.75) is 32.2 Å². The van der Waals surface area contributed by atoms with Crippen LogP contribution in [0.4, 0.5) is 0 Å². The van der Waals surface area contributed by atoms with Crippen LogP contribution in [0.15, 0.2) is 12.2 Å². The van der Waals surface area contributed by atoms with Crippen molar-refractivity contribution in [3.05, 3.63) is 23.6 Å². The zero-order valence-electron chi connectivity index (χ0n) is 8.40. The summed E-state index contributed by atoms with van der Waals surface area (Å²) >= 11 is 0. The monoisotopic (exact) mass is 193 g/mol. The second-order valence-corrected chi connectivity index (χ2v) is 3.35. The van der Waals surface area contributed by atoms with Crippen LogP contribution in [0.25, 0.3) is 4.85 Å². The van der Waals surface area contributed by atoms with Gasteiger partial charge in [0.05, 0.1) is 12.5 Å². The third-order valence-electron chi connectivity index (χ3n) is 2.36. The lowest BCUT2D eigenvalue weighted by Gasteiger charge is -2.16. The highest BCUT2D eigenvalue weighted by atomic mass is 16.5. The standard InChI is InChI=1S/C11H15NO2/c1-3-14-11(13)10(12-2)9-7-5-4-6-8-9/h5,7,9-10H,3-4,6,8H2,1H3. The number of nitrogens with zero attached hydrogens (tertiary/aromatic N) is 1. The van der Waals surface area contributed by atoms with Gasteiger partial charge in [-0.05, 0) is 26.2 Å². The Bertz CT molecular complexity index is 265. The second kappa shape index (κ2) is 5.43. The topological polar surface area (TPSA) is 30.7 Å². The Hall–Kier alpha value is -1.30. The van der Waals surface area contributed by atoms with Crippen LogP contribution in [0, 0.1) is 12.5 Å². The van der Waals surface area contributed by atoms with Crippen LogP contribution in [0.3, 0.4) is 0 Å². The van der Waals surface area contributed by atoms with Crippen molar-refractivity contribution in [3.63, 3.8) is 0 Å². The molecule has 1 rings (SSSR count). The number of allylic oxidation sites excluding steroid dienone is 1. The first kappa shape index (κ1) is 10.8. The number of hydrogen-bond acceptors (Lipinski definition) is 2. The van der Waals surface area contributed by atoms with Crippen LogP contribution < -0.4 is 0 Å². The third-order valence-corrected chi connectivity index (χ3v) is 2.36. The molecule has 0 bridgehead atoms. The van der Waals surface area contributed by atoms with E-state index >= 15 is 0 Å². The summed E-state index contributed by atoms with van der Waals surface area (Å²) in [6.45, 7) is 9.10. The van der Waals surface area contributed by atoms with Gasteiger partial charge < -0.3 is 9.58 Å². The van der Waals surface area contributed by atoms with E-state index in [0.29, 0.717) is 6.61 Å². The summed E-state index contributed by atoms with van der Waals surface area (Å²) in [4.78, 5) is 14.8. The highest BCUT2D eigenvalue weighted by Crippen LogP contribution is 2.23. The lowest BCUT2D eigenvalue weighted by Crippen LogP contribution is -2.28. The number of carbonyl (C=O) groups excluding carboxylic acids is 1. The lowest BCUT2D eigenvalue weighted by atomic mass is 9.90. The van der Waals surface area contributed by atoms with Gasteiger partial charge in [-0.1, -0.05) is 12.2 Å². The molecule has 14 heavy (non-hydrogen) atoms. The molecular weight excluding hydrogens is 178 g/mol. The maximum Gasteiger partial charge on any atom is 0.390 e. The molecule has 0 heterocycles. The Balaban J connectivity index is 2.61. The van der Waals surface area contributed by atoms with Crippen LogP contribution in [0.1, 0.15) is 26.2 Å². The van der Waals surface area contributed by atoms with Crippen molar-refractivity contribution in [1.82, 2.24) is 0 Å². The van der Waals surface area contributed by atoms with Crippen LogP contribution in [-0.4, -0.2) is 18.6 Å². The summed E-state index contributed by atoms with van der Waals surface area (Å²) in [6.07, 6.45) is 7.06. The van der Waals surface area contributed by atoms with Crippen LogP contribution in [0.5, 0.6) is 0 Å². The predicted molar refractivity (Wildman–Crippen MR) is 53.5 cm³/mol. The SMILES string of the molecule is [C-]#[N+]C(C(=O)OCC)C1C=CCCC1. The molecule has 0 aromatic carbocycles. The Morgan fingerprint density at radius 3 is 3.07 bits per heavy atom. The largest absolute Gasteiger partial charge is 0.460 e. The Kier molecular flexibility index (Phi) is 4.18. The average molecular weight is 193 g/mol. The summed E-state index contributed by atoms with van der Waals surface area (Å²) in [5.41, 5.74) is 0. The molecule has 0 fully saturated rings. The Morgan fingerprint density at radius 2 is 2.57 bits per heavy atom. The summed E-state index contributed by atoms with van der Waals surface area (Å²) in [5.74, 6) is -0.320. The maximum atomic E-state index is 11.4. The molecule has 0 amide bonds. The van der Waals surface area contributed by atoms with Crippen LogP contribution in [-0.2, 0) is 9.53 Å². The van der Waals surface area contributed by atoms with E-state index in [4.69, 9.17) is 11.3 Å². The zero-order chi connectivity index (χ0) is 10.4. The van der Waals surface area contributed by atoms with Gasteiger partial charge in [0.15, 0.2) is 0 Å². The fraction of sp³-hybridized carbons (Fsp3) is 0.636. The minimum absolute atomic E-state index is 0.0558. The molecule has 0 N–H and O–H groups in total. The van der Waals surface area contributed by atoms with Crippen molar-refractivity contribution in [1.29, 1.82) is 0 Å². The van der Waals surface area contributed by atoms with Gasteiger partial charge in [0.25, 0.3) is 0 Å². The predicted octanol–water partition coefficient (Wildman–Crippen LogP) is 2.19. The molecule has 1 aliphatic rings. The summed E-state index contributed by atoms with van der Waals surface area (Å²) in [7, 11) is 0. The van der Waals surface area contributed by atoms with Crippen molar-refractivity contribution >= 4 is 5.97 Å². The molecule has 0 radical (unpaired) electrons. The molecule has 2 unspecified atom stereocenters. The van der Waals surface area contributed by atoms with Gasteiger partial charge in [0.2, 0.25) is 0 Å². The first-order valence-electron chi connectivity index (χ1n) is 4.99. The minimum atomic E-state index is -0.633. The first-order valence-corrected chi connectivity index (χ1v) is 4.99. The molecular formula is C11H15NO2. The van der Waals surface area contributed by atoms with Gasteiger partial charge in [-0.3, -0.25) is 0 Å². The van der Waals surface area contributed by atoms with Gasteiger partial charge in [0, 0.05) is 0 Å². The van der Waals surface area contributed by atoms with E-state index in [0.717, 1.165) is 19.3 Å². The van der Waals surface area contributed by atoms with Gasteiger partial charge in [-0.25, -0.2) is 11.4 Å². The van der Waals surface area contributed by atoms with E-state index in [-0.39, 0.29) is 11.9 Å². The molecule has 0 aliphatic heterocycles. The normalized spacial score (nSPS) is 22.4. The first-order chi connectivity index (χ1) is 6.79. The van der Waals surface area contributed by atoms with Crippen molar-refractivity contribution in [2.24, 2.45) is 5.92 Å². The van der Waals surface area contributed by atoms with E-state index in [1.807, 2.05) is 12.2 Å². The summed E-state index contributed by atoms with van der Waals surface area (Å²) < 4.78 is 4.86. The molecule has 0 saturated carbocycles. The van der Waals surface area contributed by atoms with Crippen LogP contribution in [0.2, 0.25) is 0 Å². The average Bonchev–Trinajstić information content (AvgIpc) is 2.21. The molecule has 3 nitrogen and oxygen atoms in total. The highest BCUT2D eigenvalue weighted by molar-refractivity contribution is 5.78. The van der Waals surface area contributed by atoms with Gasteiger partial charge in [0.1, 0.15) is 0 Å². The van der Waals surface area contributed by atoms with Crippen molar-refractivity contribution in [2.75, 3.05) is 6.61 Å². The third kappa shape index (κ3) is 2.59. The molecule has 1 aliphatic carbocycles. The van der Waals surface area contributed by atoms with E-state index in [9.17, 15) is 4.79 Å². The van der Waals surface area contributed by atoms with Gasteiger partial charge in [-0.15, -0.1) is 0 Å². The quantitative estimate of drug-likeness (QED) is 0.391. The Labute approximate surface area is 84.6 Å². The summed E-state index contributed by atoms with van der Waals surface area (Å²) in [5, 5.41) is 0. The Morgan fingerprint density at radius 1 is 1.79 bits per heavy atom. The van der Waals surface area contributed by atoms with E-state index in [1.165, 1.54) is 0 Å². The van der Waals surface area contributed by atoms with E-state index in [1.54, 1.807) is 6.92 Å². The molecule has 0 aromatic heterocycles. The van der Waals surface area contributed by atoms with Crippen LogP contribution >= 0.6 is 0 Å². The molecule has 76 valence electrons. The molecule has 0 spiro atoms. The molecule has 3 heteroatoms. The smallest absolute Gasteiger partial charge is 0.390 e. The number of hydrogen-bond donors (Lipinski definition) is 0. The lowest BCUT2D eigenvalue weighted by molar-refractivity contribution is -0.144. The molecule has 2 atom stereocenters. The molecule has 0 aromatic rings. The van der Waals surface area contributed by atoms with E-state index < -0.39 is 6.04 Å². The number of esters is 1. The minimum Gasteiger partial charge on any atom is -0.460 e. The van der Waals surface area contributed by atoms with E-state index in [2.05, 4.69) is 4.85 Å². The number of carbonyl (C=O) groups is 1.